The summed E-state index contributed by atoms with van der Waals surface area (Å²) < 4.78 is 33.6. The average molecular weight is 335 g/mol. The molecular weight excluding hydrogens is 316 g/mol. The van der Waals surface area contributed by atoms with Crippen molar-refractivity contribution in [3.63, 3.8) is 0 Å². The third-order valence-electron chi connectivity index (χ3n) is 4.06. The lowest BCUT2D eigenvalue weighted by atomic mass is 10.0. The van der Waals surface area contributed by atoms with E-state index in [1.165, 1.54) is 10.7 Å². The number of halogens is 2. The second-order valence-electron chi connectivity index (χ2n) is 5.97. The Hall–Kier alpha value is -2.28. The Balaban J connectivity index is 1.72. The van der Waals surface area contributed by atoms with Crippen LogP contribution in [-0.4, -0.2) is 35.4 Å². The van der Waals surface area contributed by atoms with Crippen LogP contribution in [0.5, 0.6) is 0 Å². The highest BCUT2D eigenvalue weighted by atomic mass is 19.1. The summed E-state index contributed by atoms with van der Waals surface area (Å²) in [6.07, 6.45) is 2.02. The number of carbonyl (C=O) groups is 1. The van der Waals surface area contributed by atoms with E-state index in [0.717, 1.165) is 31.6 Å². The van der Waals surface area contributed by atoms with Gasteiger partial charge in [0.1, 0.15) is 11.5 Å². The zero-order chi connectivity index (χ0) is 17.1. The van der Waals surface area contributed by atoms with Gasteiger partial charge >= 0.3 is 0 Å². The molecule has 2 aromatic rings. The lowest BCUT2D eigenvalue weighted by molar-refractivity contribution is 0.0535. The maximum Gasteiger partial charge on any atom is 0.271 e. The Bertz CT molecular complexity index is 739. The molecule has 1 saturated heterocycles. The Kier molecular flexibility index (Phi) is 4.89. The first-order valence-corrected chi connectivity index (χ1v) is 7.92. The molecule has 128 valence electrons. The van der Waals surface area contributed by atoms with Crippen LogP contribution < -0.4 is 5.32 Å². The van der Waals surface area contributed by atoms with Crippen molar-refractivity contribution in [3.05, 3.63) is 47.3 Å². The van der Waals surface area contributed by atoms with Gasteiger partial charge < -0.3 is 10.1 Å². The Morgan fingerprint density at radius 2 is 2.25 bits per heavy atom. The topological polar surface area (TPSA) is 56.1 Å². The first-order chi connectivity index (χ1) is 11.5. The minimum Gasteiger partial charge on any atom is -0.381 e. The summed E-state index contributed by atoms with van der Waals surface area (Å²) in [4.78, 5) is 12.2. The summed E-state index contributed by atoms with van der Waals surface area (Å²) in [5.74, 6) is -1.40. The summed E-state index contributed by atoms with van der Waals surface area (Å²) >= 11 is 0. The molecule has 24 heavy (non-hydrogen) atoms. The standard InChI is InChI=1S/C17H19F2N3O2/c1-11-7-15(17(23)20-9-12-3-2-6-24-10-12)21-22(11)16-5-4-13(18)8-14(16)19/h4-5,7-8,12H,2-3,6,9-10H2,1H3,(H,20,23). The van der Waals surface area contributed by atoms with E-state index in [4.69, 9.17) is 4.74 Å². The van der Waals surface area contributed by atoms with E-state index in [9.17, 15) is 13.6 Å². The van der Waals surface area contributed by atoms with Gasteiger partial charge in [-0.3, -0.25) is 4.79 Å². The van der Waals surface area contributed by atoms with Crippen molar-refractivity contribution in [2.75, 3.05) is 19.8 Å². The maximum absolute atomic E-state index is 13.9. The highest BCUT2D eigenvalue weighted by Crippen LogP contribution is 2.17. The fraction of sp³-hybridized carbons (Fsp3) is 0.412. The molecule has 0 aliphatic carbocycles. The van der Waals surface area contributed by atoms with Crippen LogP contribution in [0.4, 0.5) is 8.78 Å². The van der Waals surface area contributed by atoms with Crippen molar-refractivity contribution >= 4 is 5.91 Å². The number of amides is 1. The molecule has 0 radical (unpaired) electrons. The second-order valence-corrected chi connectivity index (χ2v) is 5.97. The summed E-state index contributed by atoms with van der Waals surface area (Å²) in [5, 5.41) is 6.98. The van der Waals surface area contributed by atoms with E-state index in [2.05, 4.69) is 10.4 Å². The number of nitrogens with zero attached hydrogens (tertiary/aromatic N) is 2. The van der Waals surface area contributed by atoms with Gasteiger partial charge in [-0.15, -0.1) is 0 Å². The van der Waals surface area contributed by atoms with Gasteiger partial charge in [0.15, 0.2) is 11.5 Å². The number of hydrogen-bond acceptors (Lipinski definition) is 3. The quantitative estimate of drug-likeness (QED) is 0.934. The number of aromatic nitrogens is 2. The van der Waals surface area contributed by atoms with Gasteiger partial charge in [-0.2, -0.15) is 5.10 Å². The lowest BCUT2D eigenvalue weighted by Crippen LogP contribution is -2.33. The van der Waals surface area contributed by atoms with E-state index >= 15 is 0 Å². The van der Waals surface area contributed by atoms with Gasteiger partial charge in [-0.1, -0.05) is 0 Å². The van der Waals surface area contributed by atoms with E-state index in [1.807, 2.05) is 0 Å². The molecule has 3 rings (SSSR count). The van der Waals surface area contributed by atoms with Crippen LogP contribution in [0.1, 0.15) is 29.0 Å². The molecule has 5 nitrogen and oxygen atoms in total. The molecule has 1 amide bonds. The Morgan fingerprint density at radius 1 is 1.42 bits per heavy atom. The fourth-order valence-electron chi connectivity index (χ4n) is 2.78. The molecule has 1 aliphatic rings. The first kappa shape index (κ1) is 16.6. The summed E-state index contributed by atoms with van der Waals surface area (Å²) in [7, 11) is 0. The van der Waals surface area contributed by atoms with Crippen LogP contribution in [0.3, 0.4) is 0 Å². The minimum absolute atomic E-state index is 0.105. The zero-order valence-corrected chi connectivity index (χ0v) is 13.4. The van der Waals surface area contributed by atoms with Gasteiger partial charge in [0.05, 0.1) is 6.61 Å². The molecular formula is C17H19F2N3O2. The molecule has 0 saturated carbocycles. The van der Waals surface area contributed by atoms with E-state index in [0.29, 0.717) is 24.8 Å². The second kappa shape index (κ2) is 7.09. The molecule has 1 aromatic heterocycles. The molecule has 1 fully saturated rings. The van der Waals surface area contributed by atoms with Crippen LogP contribution in [0, 0.1) is 24.5 Å². The predicted octanol–water partition coefficient (Wildman–Crippen LogP) is 2.62. The molecule has 1 atom stereocenters. The fourth-order valence-corrected chi connectivity index (χ4v) is 2.78. The number of hydrogen-bond donors (Lipinski definition) is 1. The molecule has 1 aromatic carbocycles. The van der Waals surface area contributed by atoms with Crippen molar-refractivity contribution in [2.45, 2.75) is 19.8 Å². The van der Waals surface area contributed by atoms with Crippen molar-refractivity contribution < 1.29 is 18.3 Å². The van der Waals surface area contributed by atoms with Crippen LogP contribution in [-0.2, 0) is 4.74 Å². The molecule has 7 heteroatoms. The van der Waals surface area contributed by atoms with Gasteiger partial charge in [0, 0.05) is 24.9 Å². The predicted molar refractivity (Wildman–Crippen MR) is 84.1 cm³/mol. The SMILES string of the molecule is Cc1cc(C(=O)NCC2CCCOC2)nn1-c1ccc(F)cc1F. The van der Waals surface area contributed by atoms with Crippen molar-refractivity contribution in [1.82, 2.24) is 15.1 Å². The molecule has 0 spiro atoms. The average Bonchev–Trinajstić information content (AvgIpc) is 2.95. The molecule has 2 heterocycles. The van der Waals surface area contributed by atoms with E-state index in [-0.39, 0.29) is 17.3 Å². The van der Waals surface area contributed by atoms with Crippen LogP contribution in [0.15, 0.2) is 24.3 Å². The Labute approximate surface area is 138 Å². The maximum atomic E-state index is 13.9. The highest BCUT2D eigenvalue weighted by Gasteiger charge is 2.18. The van der Waals surface area contributed by atoms with Gasteiger partial charge in [-0.05, 0) is 43.9 Å². The van der Waals surface area contributed by atoms with Crippen molar-refractivity contribution in [1.29, 1.82) is 0 Å². The van der Waals surface area contributed by atoms with E-state index < -0.39 is 11.6 Å². The summed E-state index contributed by atoms with van der Waals surface area (Å²) in [6, 6.07) is 4.82. The molecule has 1 N–H and O–H groups in total. The third-order valence-corrected chi connectivity index (χ3v) is 4.06. The molecule has 1 unspecified atom stereocenters. The first-order valence-electron chi connectivity index (χ1n) is 7.92. The van der Waals surface area contributed by atoms with Crippen molar-refractivity contribution in [3.8, 4) is 5.69 Å². The number of ether oxygens (including phenoxy) is 1. The highest BCUT2D eigenvalue weighted by molar-refractivity contribution is 5.92. The molecule has 0 bridgehead atoms. The largest absolute Gasteiger partial charge is 0.381 e. The number of aryl methyl sites for hydroxylation is 1. The summed E-state index contributed by atoms with van der Waals surface area (Å²) in [5.41, 5.74) is 0.897. The summed E-state index contributed by atoms with van der Waals surface area (Å²) in [6.45, 7) is 3.66. The van der Waals surface area contributed by atoms with Gasteiger partial charge in [-0.25, -0.2) is 13.5 Å². The monoisotopic (exact) mass is 335 g/mol. The van der Waals surface area contributed by atoms with Crippen LogP contribution >= 0.6 is 0 Å². The van der Waals surface area contributed by atoms with Gasteiger partial charge in [0.2, 0.25) is 0 Å². The number of rotatable bonds is 4. The van der Waals surface area contributed by atoms with Crippen molar-refractivity contribution in [2.24, 2.45) is 5.92 Å². The smallest absolute Gasteiger partial charge is 0.271 e. The minimum atomic E-state index is -0.729. The number of nitrogens with one attached hydrogen (secondary N) is 1. The zero-order valence-electron chi connectivity index (χ0n) is 13.4. The van der Waals surface area contributed by atoms with Crippen LogP contribution in [0.2, 0.25) is 0 Å². The third kappa shape index (κ3) is 3.62. The lowest BCUT2D eigenvalue weighted by Gasteiger charge is -2.21. The number of carbonyl (C=O) groups excluding carboxylic acids is 1. The normalized spacial score (nSPS) is 17.7. The number of benzene rings is 1. The Morgan fingerprint density at radius 3 is 2.96 bits per heavy atom. The van der Waals surface area contributed by atoms with Gasteiger partial charge in [0.25, 0.3) is 5.91 Å². The van der Waals surface area contributed by atoms with Crippen LogP contribution in [0.25, 0.3) is 5.69 Å². The van der Waals surface area contributed by atoms with E-state index in [1.54, 1.807) is 13.0 Å². The molecule has 1 aliphatic heterocycles.